The molecule has 1 aromatic heterocycles. The Kier molecular flexibility index (Phi) is 3.59. The zero-order valence-corrected chi connectivity index (χ0v) is 10.5. The van der Waals surface area contributed by atoms with Gasteiger partial charge >= 0.3 is 11.8 Å². The number of imidazole rings is 1. The Morgan fingerprint density at radius 1 is 1.81 bits per heavy atom. The Balaban J connectivity index is 2.05. The van der Waals surface area contributed by atoms with Crippen LogP contribution in [0.1, 0.15) is 0 Å². The lowest BCUT2D eigenvalue weighted by Gasteiger charge is -2.21. The third kappa shape index (κ3) is 2.43. The second-order valence-corrected chi connectivity index (χ2v) is 4.36. The molecule has 1 aliphatic rings. The van der Waals surface area contributed by atoms with Crippen LogP contribution in [0.25, 0.3) is 0 Å². The van der Waals surface area contributed by atoms with E-state index in [4.69, 9.17) is 9.47 Å². The lowest BCUT2D eigenvalue weighted by atomic mass is 10.3. The highest BCUT2D eigenvalue weighted by atomic mass is 127. The maximum Gasteiger partial charge on any atom is 0.414 e. The van der Waals surface area contributed by atoms with E-state index < -0.39 is 4.92 Å². The highest BCUT2D eigenvalue weighted by Gasteiger charge is 2.27. The predicted molar refractivity (Wildman–Crippen MR) is 63.0 cm³/mol. The van der Waals surface area contributed by atoms with E-state index in [0.29, 0.717) is 25.8 Å². The van der Waals surface area contributed by atoms with Crippen LogP contribution in [0.3, 0.4) is 0 Å². The van der Waals surface area contributed by atoms with Gasteiger partial charge in [-0.25, -0.2) is 0 Å². The summed E-state index contributed by atoms with van der Waals surface area (Å²) in [4.78, 5) is 13.7. The summed E-state index contributed by atoms with van der Waals surface area (Å²) in [6, 6.07) is 0.293. The Morgan fingerprint density at radius 2 is 2.62 bits per heavy atom. The number of aromatic nitrogens is 2. The van der Waals surface area contributed by atoms with E-state index in [1.54, 1.807) is 4.57 Å². The number of ether oxygens (including phenoxy) is 2. The molecule has 1 atom stereocenters. The molecule has 2 heterocycles. The summed E-state index contributed by atoms with van der Waals surface area (Å²) in [6.07, 6.45) is 1.31. The first-order valence-corrected chi connectivity index (χ1v) is 6.25. The molecule has 0 aliphatic carbocycles. The van der Waals surface area contributed by atoms with Gasteiger partial charge in [0.2, 0.25) is 0 Å². The van der Waals surface area contributed by atoms with Gasteiger partial charge in [0.05, 0.1) is 13.2 Å². The van der Waals surface area contributed by atoms with Crippen molar-refractivity contribution < 1.29 is 14.4 Å². The summed E-state index contributed by atoms with van der Waals surface area (Å²) in [6.45, 7) is 1.60. The molecule has 0 spiro atoms. The minimum absolute atomic E-state index is 0.0592. The molecule has 1 aliphatic heterocycles. The number of rotatable bonds is 4. The van der Waals surface area contributed by atoms with Crippen LogP contribution in [0.2, 0.25) is 0 Å². The summed E-state index contributed by atoms with van der Waals surface area (Å²) in [5.74, 6) is -0.190. The van der Waals surface area contributed by atoms with E-state index in [1.807, 2.05) is 0 Å². The molecular weight excluding hydrogens is 329 g/mol. The lowest BCUT2D eigenvalue weighted by Crippen LogP contribution is -2.32. The number of nitrogens with zero attached hydrogens (tertiary/aromatic N) is 3. The van der Waals surface area contributed by atoms with Crippen LogP contribution < -0.4 is 4.74 Å². The first kappa shape index (κ1) is 11.6. The maximum absolute atomic E-state index is 10.5. The molecule has 16 heavy (non-hydrogen) atoms. The average molecular weight is 339 g/mol. The third-order valence-corrected chi connectivity index (χ3v) is 2.58. The Bertz CT molecular complexity index is 395. The zero-order valence-electron chi connectivity index (χ0n) is 8.34. The minimum atomic E-state index is -0.532. The van der Waals surface area contributed by atoms with Gasteiger partial charge in [-0.15, -0.1) is 0 Å². The van der Waals surface area contributed by atoms with Crippen molar-refractivity contribution in [2.24, 2.45) is 0 Å². The Morgan fingerprint density at radius 3 is 3.31 bits per heavy atom. The van der Waals surface area contributed by atoms with Crippen molar-refractivity contribution in [3.63, 3.8) is 0 Å². The third-order valence-electron chi connectivity index (χ3n) is 2.14. The van der Waals surface area contributed by atoms with Gasteiger partial charge < -0.3 is 19.6 Å². The van der Waals surface area contributed by atoms with E-state index in [1.165, 1.54) is 6.20 Å². The molecule has 0 unspecified atom stereocenters. The minimum Gasteiger partial charge on any atom is -0.443 e. The highest BCUT2D eigenvalue weighted by molar-refractivity contribution is 14.1. The van der Waals surface area contributed by atoms with Crippen LogP contribution in [0.5, 0.6) is 6.01 Å². The van der Waals surface area contributed by atoms with Crippen LogP contribution in [0.15, 0.2) is 6.20 Å². The lowest BCUT2D eigenvalue weighted by molar-refractivity contribution is -0.389. The fourth-order valence-corrected chi connectivity index (χ4v) is 1.73. The van der Waals surface area contributed by atoms with E-state index in [-0.39, 0.29) is 11.9 Å². The molecular formula is C8H10IN3O4. The fourth-order valence-electron chi connectivity index (χ4n) is 1.47. The van der Waals surface area contributed by atoms with Gasteiger partial charge in [0, 0.05) is 9.41 Å². The monoisotopic (exact) mass is 339 g/mol. The maximum atomic E-state index is 10.5. The molecule has 0 amide bonds. The van der Waals surface area contributed by atoms with Crippen molar-refractivity contribution in [1.29, 1.82) is 0 Å². The molecule has 0 saturated heterocycles. The van der Waals surface area contributed by atoms with E-state index in [0.717, 1.165) is 4.43 Å². The summed E-state index contributed by atoms with van der Waals surface area (Å²) in [5.41, 5.74) is 0. The van der Waals surface area contributed by atoms with Crippen LogP contribution in [-0.2, 0) is 11.3 Å². The zero-order chi connectivity index (χ0) is 11.5. The van der Waals surface area contributed by atoms with Gasteiger partial charge in [-0.3, -0.25) is 4.57 Å². The first-order chi connectivity index (χ1) is 7.70. The van der Waals surface area contributed by atoms with Crippen LogP contribution in [0, 0.1) is 10.1 Å². The SMILES string of the molecule is O=[N+]([O-])c1cn2c(n1)OC[C@@H](OCCI)C2. The normalized spacial score (nSPS) is 18.9. The molecule has 1 aromatic rings. The number of halogens is 1. The Hall–Kier alpha value is -0.900. The second kappa shape index (κ2) is 4.95. The van der Waals surface area contributed by atoms with Crippen molar-refractivity contribution in [2.75, 3.05) is 17.6 Å². The smallest absolute Gasteiger partial charge is 0.414 e. The first-order valence-electron chi connectivity index (χ1n) is 4.72. The molecule has 0 fully saturated rings. The van der Waals surface area contributed by atoms with E-state index in [9.17, 15) is 10.1 Å². The quantitative estimate of drug-likeness (QED) is 0.354. The van der Waals surface area contributed by atoms with Gasteiger partial charge in [0.25, 0.3) is 0 Å². The van der Waals surface area contributed by atoms with Gasteiger partial charge in [-0.05, 0) is 4.92 Å². The van der Waals surface area contributed by atoms with Gasteiger partial charge in [-0.1, -0.05) is 22.6 Å². The number of nitro groups is 1. The summed E-state index contributed by atoms with van der Waals surface area (Å²) in [5, 5.41) is 10.5. The van der Waals surface area contributed by atoms with Crippen molar-refractivity contribution in [3.05, 3.63) is 16.3 Å². The van der Waals surface area contributed by atoms with Crippen molar-refractivity contribution in [1.82, 2.24) is 9.55 Å². The second-order valence-electron chi connectivity index (χ2n) is 3.28. The van der Waals surface area contributed by atoms with Crippen LogP contribution in [0.4, 0.5) is 5.82 Å². The molecule has 8 heteroatoms. The highest BCUT2D eigenvalue weighted by Crippen LogP contribution is 2.22. The standard InChI is InChI=1S/C8H10IN3O4/c9-1-2-15-6-3-11-4-7(12(13)14)10-8(11)16-5-6/h4,6H,1-3,5H2/t6-/m0/s1. The van der Waals surface area contributed by atoms with Crippen molar-refractivity contribution >= 4 is 28.4 Å². The number of alkyl halides is 1. The molecule has 88 valence electrons. The van der Waals surface area contributed by atoms with Gasteiger partial charge in [-0.2, -0.15) is 0 Å². The van der Waals surface area contributed by atoms with E-state index in [2.05, 4.69) is 27.6 Å². The molecule has 0 N–H and O–H groups in total. The van der Waals surface area contributed by atoms with Gasteiger partial charge in [0.15, 0.2) is 0 Å². The van der Waals surface area contributed by atoms with Crippen molar-refractivity contribution in [2.45, 2.75) is 12.6 Å². The van der Waals surface area contributed by atoms with Gasteiger partial charge in [0.1, 0.15) is 18.9 Å². The molecule has 7 nitrogen and oxygen atoms in total. The molecule has 0 saturated carbocycles. The van der Waals surface area contributed by atoms with Crippen molar-refractivity contribution in [3.8, 4) is 6.01 Å². The number of hydrogen-bond acceptors (Lipinski definition) is 5. The summed E-state index contributed by atoms with van der Waals surface area (Å²) < 4.78 is 13.3. The summed E-state index contributed by atoms with van der Waals surface area (Å²) >= 11 is 2.22. The molecule has 0 radical (unpaired) electrons. The largest absolute Gasteiger partial charge is 0.443 e. The molecule has 2 rings (SSSR count). The predicted octanol–water partition coefficient (Wildman–Crippen LogP) is 1.00. The average Bonchev–Trinajstić information content (AvgIpc) is 2.69. The Labute approximate surface area is 105 Å². The molecule has 0 bridgehead atoms. The van der Waals surface area contributed by atoms with Crippen LogP contribution in [-0.4, -0.2) is 38.2 Å². The van der Waals surface area contributed by atoms with E-state index >= 15 is 0 Å². The molecule has 0 aromatic carbocycles. The fraction of sp³-hybridized carbons (Fsp3) is 0.625. The van der Waals surface area contributed by atoms with Crippen LogP contribution >= 0.6 is 22.6 Å². The summed E-state index contributed by atoms with van der Waals surface area (Å²) in [7, 11) is 0. The number of hydrogen-bond donors (Lipinski definition) is 0. The topological polar surface area (TPSA) is 79.4 Å². The number of fused-ring (bicyclic) bond motifs is 1.